The van der Waals surface area contributed by atoms with Gasteiger partial charge in [-0.15, -0.1) is 0 Å². The topological polar surface area (TPSA) is 78.5 Å². The van der Waals surface area contributed by atoms with Crippen LogP contribution in [0.5, 0.6) is 5.75 Å². The predicted molar refractivity (Wildman–Crippen MR) is 102 cm³/mol. The van der Waals surface area contributed by atoms with E-state index < -0.39 is 0 Å². The van der Waals surface area contributed by atoms with E-state index in [1.54, 1.807) is 16.9 Å². The molecule has 0 spiro atoms. The van der Waals surface area contributed by atoms with Gasteiger partial charge < -0.3 is 15.0 Å². The van der Waals surface area contributed by atoms with Crippen molar-refractivity contribution in [1.29, 1.82) is 5.26 Å². The molecule has 0 amide bonds. The Bertz CT molecular complexity index is 1020. The van der Waals surface area contributed by atoms with Crippen LogP contribution in [0.1, 0.15) is 18.9 Å². The Morgan fingerprint density at radius 3 is 2.78 bits per heavy atom. The van der Waals surface area contributed by atoms with Gasteiger partial charge in [0.25, 0.3) is 0 Å². The van der Waals surface area contributed by atoms with Gasteiger partial charge in [-0.2, -0.15) is 10.4 Å². The highest BCUT2D eigenvalue weighted by Crippen LogP contribution is 2.32. The summed E-state index contributed by atoms with van der Waals surface area (Å²) in [5.41, 5.74) is 3.16. The molecule has 3 saturated heterocycles. The van der Waals surface area contributed by atoms with E-state index in [-0.39, 0.29) is 0 Å². The number of nitrogens with one attached hydrogen (secondary N) is 1. The number of piperazine rings is 1. The number of fused-ring (bicyclic) bond motifs is 3. The zero-order valence-electron chi connectivity index (χ0n) is 15.1. The lowest BCUT2D eigenvalue weighted by Gasteiger charge is -2.48. The van der Waals surface area contributed by atoms with Crippen LogP contribution in [0.3, 0.4) is 0 Å². The standard InChI is InChI=1S/C20H20N6O/c1-2-27-17-6-18(20-14(7-21)9-23-26(20)12-17)13-3-4-19(22-8-13)25-10-15-5-16(11-25)24-15/h3-4,6,8-9,12,15-16,24H,2,5,10-11H2,1H3. The summed E-state index contributed by atoms with van der Waals surface area (Å²) in [6.07, 6.45) is 6.54. The molecule has 0 aromatic carbocycles. The second kappa shape index (κ2) is 6.25. The van der Waals surface area contributed by atoms with E-state index in [2.05, 4.69) is 33.5 Å². The van der Waals surface area contributed by atoms with Gasteiger partial charge in [0, 0.05) is 42.5 Å². The molecule has 3 aromatic rings. The van der Waals surface area contributed by atoms with Crippen LogP contribution in [0.15, 0.2) is 36.8 Å². The summed E-state index contributed by atoms with van der Waals surface area (Å²) in [4.78, 5) is 7.04. The molecule has 136 valence electrons. The lowest BCUT2D eigenvalue weighted by molar-refractivity contribution is 0.225. The van der Waals surface area contributed by atoms with Crippen molar-refractivity contribution in [1.82, 2.24) is 19.9 Å². The zero-order chi connectivity index (χ0) is 18.4. The van der Waals surface area contributed by atoms with Crippen molar-refractivity contribution in [2.24, 2.45) is 0 Å². The highest BCUT2D eigenvalue weighted by atomic mass is 16.5. The van der Waals surface area contributed by atoms with Crippen molar-refractivity contribution in [2.45, 2.75) is 25.4 Å². The van der Waals surface area contributed by atoms with Gasteiger partial charge in [-0.05, 0) is 31.5 Å². The van der Waals surface area contributed by atoms with Crippen molar-refractivity contribution in [3.8, 4) is 22.9 Å². The predicted octanol–water partition coefficient (Wildman–Crippen LogP) is 2.22. The Hall–Kier alpha value is -3.11. The van der Waals surface area contributed by atoms with Crippen LogP contribution in [-0.4, -0.2) is 46.4 Å². The van der Waals surface area contributed by atoms with Crippen molar-refractivity contribution in [2.75, 3.05) is 24.6 Å². The maximum Gasteiger partial charge on any atom is 0.138 e. The van der Waals surface area contributed by atoms with E-state index >= 15 is 0 Å². The number of hydrogen-bond acceptors (Lipinski definition) is 6. The number of rotatable bonds is 4. The minimum Gasteiger partial charge on any atom is -0.492 e. The third kappa shape index (κ3) is 2.69. The molecular formula is C20H20N6O. The van der Waals surface area contributed by atoms with Gasteiger partial charge in [-0.1, -0.05) is 0 Å². The Balaban J connectivity index is 1.54. The van der Waals surface area contributed by atoms with Gasteiger partial charge >= 0.3 is 0 Å². The fraction of sp³-hybridized carbons (Fsp3) is 0.350. The second-order valence-electron chi connectivity index (χ2n) is 7.09. The van der Waals surface area contributed by atoms with Gasteiger partial charge in [-0.25, -0.2) is 9.50 Å². The van der Waals surface area contributed by atoms with Crippen LogP contribution >= 0.6 is 0 Å². The van der Waals surface area contributed by atoms with Crippen LogP contribution in [0.25, 0.3) is 16.6 Å². The summed E-state index contributed by atoms with van der Waals surface area (Å²) in [5.74, 6) is 1.72. The van der Waals surface area contributed by atoms with Gasteiger partial charge in [0.2, 0.25) is 0 Å². The summed E-state index contributed by atoms with van der Waals surface area (Å²) in [6.45, 7) is 4.53. The maximum atomic E-state index is 9.45. The third-order valence-corrected chi connectivity index (χ3v) is 5.32. The van der Waals surface area contributed by atoms with Crippen molar-refractivity contribution in [3.05, 3.63) is 42.4 Å². The number of piperidine rings is 1. The Labute approximate surface area is 157 Å². The average molecular weight is 360 g/mol. The SMILES string of the molecule is CCOc1cc(-c2ccc(N3CC4CC(C3)N4)nc2)c2c(C#N)cnn2c1. The van der Waals surface area contributed by atoms with Crippen LogP contribution in [0.4, 0.5) is 5.82 Å². The number of nitrogens with zero attached hydrogens (tertiary/aromatic N) is 5. The molecule has 7 heteroatoms. The van der Waals surface area contributed by atoms with Gasteiger partial charge in [0.15, 0.2) is 0 Å². The summed E-state index contributed by atoms with van der Waals surface area (Å²) < 4.78 is 7.38. The number of anilines is 1. The largest absolute Gasteiger partial charge is 0.492 e. The molecule has 6 rings (SSSR count). The van der Waals surface area contributed by atoms with Crippen LogP contribution in [0.2, 0.25) is 0 Å². The number of nitriles is 1. The maximum absolute atomic E-state index is 9.45. The van der Waals surface area contributed by atoms with E-state index in [0.717, 1.165) is 41.3 Å². The Morgan fingerprint density at radius 1 is 1.30 bits per heavy atom. The molecule has 3 fully saturated rings. The number of ether oxygens (including phenoxy) is 1. The van der Waals surface area contributed by atoms with E-state index in [1.807, 2.05) is 19.2 Å². The fourth-order valence-electron chi connectivity index (χ4n) is 4.08. The summed E-state index contributed by atoms with van der Waals surface area (Å²) >= 11 is 0. The first-order valence-corrected chi connectivity index (χ1v) is 9.27. The Kier molecular flexibility index (Phi) is 3.73. The molecule has 2 bridgehead atoms. The molecule has 0 saturated carbocycles. The van der Waals surface area contributed by atoms with Gasteiger partial charge in [-0.3, -0.25) is 0 Å². The molecule has 6 heterocycles. The zero-order valence-corrected chi connectivity index (χ0v) is 15.1. The van der Waals surface area contributed by atoms with E-state index in [4.69, 9.17) is 9.72 Å². The minimum atomic E-state index is 0.541. The molecule has 2 atom stereocenters. The van der Waals surface area contributed by atoms with Gasteiger partial charge in [0.05, 0.1) is 30.1 Å². The van der Waals surface area contributed by atoms with Crippen LogP contribution in [0, 0.1) is 11.3 Å². The van der Waals surface area contributed by atoms with E-state index in [9.17, 15) is 5.26 Å². The second-order valence-corrected chi connectivity index (χ2v) is 7.09. The number of pyridine rings is 2. The van der Waals surface area contributed by atoms with Gasteiger partial charge in [0.1, 0.15) is 17.6 Å². The smallest absolute Gasteiger partial charge is 0.138 e. The summed E-state index contributed by atoms with van der Waals surface area (Å²) in [7, 11) is 0. The van der Waals surface area contributed by atoms with Crippen LogP contribution in [-0.2, 0) is 0 Å². The first-order chi connectivity index (χ1) is 13.2. The normalized spacial score (nSPS) is 21.0. The van der Waals surface area contributed by atoms with Crippen molar-refractivity contribution < 1.29 is 4.74 Å². The number of hydrogen-bond donors (Lipinski definition) is 1. The first kappa shape index (κ1) is 16.1. The Morgan fingerprint density at radius 2 is 2.11 bits per heavy atom. The van der Waals surface area contributed by atoms with E-state index in [1.165, 1.54) is 6.42 Å². The molecule has 2 unspecified atom stereocenters. The molecule has 3 aliphatic heterocycles. The summed E-state index contributed by atoms with van der Waals surface area (Å²) in [5, 5.41) is 17.3. The molecule has 3 aliphatic rings. The number of aromatic nitrogens is 3. The molecule has 7 nitrogen and oxygen atoms in total. The molecule has 3 aromatic heterocycles. The summed E-state index contributed by atoms with van der Waals surface area (Å²) in [6, 6.07) is 9.50. The quantitative estimate of drug-likeness (QED) is 0.769. The molecular weight excluding hydrogens is 340 g/mol. The van der Waals surface area contributed by atoms with E-state index in [0.29, 0.717) is 24.3 Å². The molecule has 0 radical (unpaired) electrons. The monoisotopic (exact) mass is 360 g/mol. The van der Waals surface area contributed by atoms with Crippen LogP contribution < -0.4 is 15.0 Å². The lowest BCUT2D eigenvalue weighted by atomic mass is 9.91. The lowest BCUT2D eigenvalue weighted by Crippen LogP contribution is -2.67. The first-order valence-electron chi connectivity index (χ1n) is 9.27. The van der Waals surface area contributed by atoms with Crippen molar-refractivity contribution in [3.63, 3.8) is 0 Å². The molecule has 0 aliphatic carbocycles. The van der Waals surface area contributed by atoms with Crippen molar-refractivity contribution >= 4 is 11.3 Å². The highest BCUT2D eigenvalue weighted by Gasteiger charge is 2.36. The molecule has 1 N–H and O–H groups in total. The average Bonchev–Trinajstić information content (AvgIpc) is 3.10. The molecule has 27 heavy (non-hydrogen) atoms. The minimum absolute atomic E-state index is 0.541. The fourth-order valence-corrected chi connectivity index (χ4v) is 4.08. The highest BCUT2D eigenvalue weighted by molar-refractivity contribution is 5.85. The third-order valence-electron chi connectivity index (χ3n) is 5.32.